The monoisotopic (exact) mass is 472 g/mol. The second-order valence-electron chi connectivity index (χ2n) is 7.86. The summed E-state index contributed by atoms with van der Waals surface area (Å²) in [5.74, 6) is 2.28. The van der Waals surface area contributed by atoms with Crippen molar-refractivity contribution < 1.29 is 0 Å². The summed E-state index contributed by atoms with van der Waals surface area (Å²) >= 11 is 4.87. The first-order valence-electron chi connectivity index (χ1n) is 10.6. The van der Waals surface area contributed by atoms with Gasteiger partial charge in [0.25, 0.3) is 5.56 Å². The van der Waals surface area contributed by atoms with Gasteiger partial charge in [-0.2, -0.15) is 9.61 Å². The Hall–Kier alpha value is -2.04. The fourth-order valence-corrected chi connectivity index (χ4v) is 6.85. The van der Waals surface area contributed by atoms with Crippen molar-refractivity contribution in [3.63, 3.8) is 0 Å². The van der Waals surface area contributed by atoms with Crippen molar-refractivity contribution in [2.45, 2.75) is 56.9 Å². The lowest BCUT2D eigenvalue weighted by molar-refractivity contribution is 0.449. The topological polar surface area (TPSA) is 78.0 Å². The van der Waals surface area contributed by atoms with Gasteiger partial charge in [-0.1, -0.05) is 43.4 Å². The van der Waals surface area contributed by atoms with Gasteiger partial charge in [0.15, 0.2) is 11.0 Å². The highest BCUT2D eigenvalue weighted by Gasteiger charge is 2.22. The van der Waals surface area contributed by atoms with Crippen LogP contribution in [0.15, 0.2) is 22.1 Å². The largest absolute Gasteiger partial charge is 0.304 e. The first kappa shape index (κ1) is 20.8. The third kappa shape index (κ3) is 3.96. The molecule has 0 fully saturated rings. The summed E-state index contributed by atoms with van der Waals surface area (Å²) in [4.78, 5) is 20.3. The Labute approximate surface area is 192 Å². The van der Waals surface area contributed by atoms with Gasteiger partial charge in [-0.05, 0) is 43.2 Å². The second-order valence-corrected chi connectivity index (χ2v) is 11.0. The normalized spacial score (nSPS) is 16.2. The molecule has 4 aromatic rings. The number of thioether (sulfide) groups is 1. The molecule has 4 heterocycles. The fraction of sp³-hybridized carbons (Fsp3) is 0.476. The van der Waals surface area contributed by atoms with Crippen LogP contribution in [0.5, 0.6) is 0 Å². The van der Waals surface area contributed by atoms with E-state index in [2.05, 4.69) is 33.3 Å². The standard InChI is InChI=1S/C21H24N6OS3/c1-4-12-6-7-15-13(8-12)9-16(30-15)19-23-24-21(26(19)3)29-11-14-10-18(28)27-20(22-14)31-17(5-2)25-27/h9-10,12H,4-8,11H2,1-3H3. The Kier molecular flexibility index (Phi) is 5.70. The van der Waals surface area contributed by atoms with Crippen molar-refractivity contribution in [1.82, 2.24) is 29.4 Å². The van der Waals surface area contributed by atoms with Gasteiger partial charge in [0.1, 0.15) is 5.01 Å². The van der Waals surface area contributed by atoms with Gasteiger partial charge in [-0.3, -0.25) is 4.79 Å². The molecule has 0 radical (unpaired) electrons. The summed E-state index contributed by atoms with van der Waals surface area (Å²) in [5, 5.41) is 14.9. The molecule has 0 N–H and O–H groups in total. The minimum atomic E-state index is -0.134. The highest BCUT2D eigenvalue weighted by molar-refractivity contribution is 7.98. The van der Waals surface area contributed by atoms with Gasteiger partial charge >= 0.3 is 0 Å². The molecule has 0 saturated carbocycles. The Morgan fingerprint density at radius 1 is 1.23 bits per heavy atom. The van der Waals surface area contributed by atoms with E-state index >= 15 is 0 Å². The van der Waals surface area contributed by atoms with E-state index in [9.17, 15) is 4.79 Å². The lowest BCUT2D eigenvalue weighted by Gasteiger charge is -2.19. The van der Waals surface area contributed by atoms with Crippen molar-refractivity contribution >= 4 is 39.4 Å². The number of hydrogen-bond acceptors (Lipinski definition) is 8. The molecule has 1 aliphatic rings. The SMILES string of the molecule is CCc1nn2c(=O)cc(CSc3nnc(-c4cc5c(s4)CCC(CC)C5)n3C)nc2s1. The van der Waals surface area contributed by atoms with E-state index in [4.69, 9.17) is 0 Å². The minimum absolute atomic E-state index is 0.134. The van der Waals surface area contributed by atoms with Gasteiger partial charge < -0.3 is 4.57 Å². The smallest absolute Gasteiger partial charge is 0.275 e. The molecule has 1 atom stereocenters. The summed E-state index contributed by atoms with van der Waals surface area (Å²) < 4.78 is 3.44. The average Bonchev–Trinajstić information content (AvgIpc) is 3.47. The van der Waals surface area contributed by atoms with Crippen LogP contribution in [0.1, 0.15) is 47.8 Å². The maximum absolute atomic E-state index is 12.4. The van der Waals surface area contributed by atoms with Gasteiger partial charge in [0.2, 0.25) is 4.96 Å². The Bertz CT molecular complexity index is 1300. The van der Waals surface area contributed by atoms with Crippen LogP contribution in [0, 0.1) is 5.92 Å². The third-order valence-corrected chi connectivity index (χ3v) is 9.15. The first-order valence-corrected chi connectivity index (χ1v) is 13.2. The summed E-state index contributed by atoms with van der Waals surface area (Å²) in [5.41, 5.74) is 2.09. The summed E-state index contributed by atoms with van der Waals surface area (Å²) in [6.45, 7) is 4.31. The molecule has 5 rings (SSSR count). The number of rotatable bonds is 6. The molecule has 1 aliphatic carbocycles. The van der Waals surface area contributed by atoms with Crippen molar-refractivity contribution in [1.29, 1.82) is 0 Å². The van der Waals surface area contributed by atoms with Crippen LogP contribution < -0.4 is 5.56 Å². The molecule has 4 aromatic heterocycles. The van der Waals surface area contributed by atoms with Gasteiger partial charge in [0.05, 0.1) is 10.6 Å². The van der Waals surface area contributed by atoms with E-state index in [1.54, 1.807) is 17.8 Å². The highest BCUT2D eigenvalue weighted by atomic mass is 32.2. The molecule has 0 spiro atoms. The van der Waals surface area contributed by atoms with E-state index in [1.807, 2.05) is 29.9 Å². The lowest BCUT2D eigenvalue weighted by atomic mass is 9.87. The average molecular weight is 473 g/mol. The van der Waals surface area contributed by atoms with Gasteiger partial charge in [-0.15, -0.1) is 21.5 Å². The molecule has 162 valence electrons. The molecule has 0 aliphatic heterocycles. The van der Waals surface area contributed by atoms with Crippen molar-refractivity contribution in [2.24, 2.45) is 13.0 Å². The van der Waals surface area contributed by atoms with E-state index in [-0.39, 0.29) is 5.56 Å². The number of thiophene rings is 1. The molecular formula is C21H24N6OS3. The summed E-state index contributed by atoms with van der Waals surface area (Å²) in [6.07, 6.45) is 5.70. The van der Waals surface area contributed by atoms with Crippen molar-refractivity contribution in [3.05, 3.63) is 43.6 Å². The zero-order chi connectivity index (χ0) is 21.5. The van der Waals surface area contributed by atoms with Crippen LogP contribution in [0.3, 0.4) is 0 Å². The zero-order valence-corrected chi connectivity index (χ0v) is 20.2. The molecule has 1 unspecified atom stereocenters. The molecule has 0 aromatic carbocycles. The second kappa shape index (κ2) is 8.48. The van der Waals surface area contributed by atoms with Crippen LogP contribution in [0.2, 0.25) is 0 Å². The van der Waals surface area contributed by atoms with E-state index in [1.165, 1.54) is 56.9 Å². The fourth-order valence-electron chi connectivity index (χ4n) is 3.96. The number of hydrogen-bond donors (Lipinski definition) is 0. The van der Waals surface area contributed by atoms with Crippen LogP contribution in [-0.2, 0) is 32.1 Å². The number of aryl methyl sites for hydroxylation is 2. The summed E-state index contributed by atoms with van der Waals surface area (Å²) in [6, 6.07) is 3.87. The van der Waals surface area contributed by atoms with Gasteiger partial charge in [0, 0.05) is 23.7 Å². The Morgan fingerprint density at radius 3 is 2.90 bits per heavy atom. The number of fused-ring (bicyclic) bond motifs is 2. The molecule has 0 amide bonds. The van der Waals surface area contributed by atoms with Crippen molar-refractivity contribution in [3.8, 4) is 10.7 Å². The van der Waals surface area contributed by atoms with E-state index in [0.29, 0.717) is 10.7 Å². The zero-order valence-electron chi connectivity index (χ0n) is 17.8. The van der Waals surface area contributed by atoms with E-state index < -0.39 is 0 Å². The maximum atomic E-state index is 12.4. The van der Waals surface area contributed by atoms with Crippen LogP contribution in [0.25, 0.3) is 15.7 Å². The third-order valence-electron chi connectivity index (χ3n) is 5.81. The van der Waals surface area contributed by atoms with Crippen LogP contribution >= 0.6 is 34.4 Å². The van der Waals surface area contributed by atoms with Crippen LogP contribution in [-0.4, -0.2) is 29.4 Å². The Balaban J connectivity index is 1.35. The molecular weight excluding hydrogens is 448 g/mol. The molecule has 0 saturated heterocycles. The molecule has 10 heteroatoms. The quantitative estimate of drug-likeness (QED) is 0.388. The minimum Gasteiger partial charge on any atom is -0.304 e. The highest BCUT2D eigenvalue weighted by Crippen LogP contribution is 2.38. The van der Waals surface area contributed by atoms with E-state index in [0.717, 1.165) is 34.0 Å². The van der Waals surface area contributed by atoms with Crippen LogP contribution in [0.4, 0.5) is 0 Å². The molecule has 0 bridgehead atoms. The van der Waals surface area contributed by atoms with Crippen molar-refractivity contribution in [2.75, 3.05) is 0 Å². The molecule has 31 heavy (non-hydrogen) atoms. The first-order chi connectivity index (χ1) is 15.1. The summed E-state index contributed by atoms with van der Waals surface area (Å²) in [7, 11) is 2.01. The number of aromatic nitrogens is 6. The maximum Gasteiger partial charge on any atom is 0.275 e. The molecule has 7 nitrogen and oxygen atoms in total. The predicted octanol–water partition coefficient (Wildman–Crippen LogP) is 4.38. The van der Waals surface area contributed by atoms with Gasteiger partial charge in [-0.25, -0.2) is 4.98 Å². The number of nitrogens with zero attached hydrogens (tertiary/aromatic N) is 6. The Morgan fingerprint density at radius 2 is 2.10 bits per heavy atom. The predicted molar refractivity (Wildman–Crippen MR) is 126 cm³/mol. The lowest BCUT2D eigenvalue weighted by Crippen LogP contribution is -2.15.